The number of aliphatic hydroxyl groups excluding tert-OH is 1. The van der Waals surface area contributed by atoms with Gasteiger partial charge >= 0.3 is 6.09 Å². The van der Waals surface area contributed by atoms with Gasteiger partial charge in [-0.15, -0.1) is 0 Å². The van der Waals surface area contributed by atoms with Crippen molar-refractivity contribution in [1.29, 1.82) is 0 Å². The molecule has 1 aliphatic carbocycles. The van der Waals surface area contributed by atoms with Crippen molar-refractivity contribution in [3.05, 3.63) is 0 Å². The second kappa shape index (κ2) is 5.60. The van der Waals surface area contributed by atoms with Gasteiger partial charge in [-0.25, -0.2) is 4.79 Å². The summed E-state index contributed by atoms with van der Waals surface area (Å²) >= 11 is 0. The fourth-order valence-corrected chi connectivity index (χ4v) is 4.08. The smallest absolute Gasteiger partial charge is 0.410 e. The average Bonchev–Trinajstić information content (AvgIpc) is 3.03. The Morgan fingerprint density at radius 1 is 1.26 bits per heavy atom. The largest absolute Gasteiger partial charge is 0.444 e. The molecule has 0 spiro atoms. The molecular weight excluding hydrogens is 298 g/mol. The van der Waals surface area contributed by atoms with Crippen molar-refractivity contribution in [2.45, 2.75) is 77.2 Å². The van der Waals surface area contributed by atoms with E-state index in [1.807, 2.05) is 34.6 Å². The molecule has 5 atom stereocenters. The molecule has 2 saturated heterocycles. The van der Waals surface area contributed by atoms with Gasteiger partial charge in [0.15, 0.2) is 5.79 Å². The highest BCUT2D eigenvalue weighted by Crippen LogP contribution is 2.46. The lowest BCUT2D eigenvalue weighted by Gasteiger charge is -2.27. The van der Waals surface area contributed by atoms with Crippen LogP contribution in [0.3, 0.4) is 0 Å². The number of hydrogen-bond donors (Lipinski definition) is 1. The molecule has 1 saturated carbocycles. The van der Waals surface area contributed by atoms with Crippen molar-refractivity contribution < 1.29 is 24.1 Å². The number of fused-ring (bicyclic) bond motifs is 1. The number of ether oxygens (including phenoxy) is 3. The Morgan fingerprint density at radius 2 is 1.91 bits per heavy atom. The van der Waals surface area contributed by atoms with Gasteiger partial charge in [0.2, 0.25) is 0 Å². The molecule has 0 aromatic heterocycles. The maximum atomic E-state index is 12.2. The Balaban J connectivity index is 1.62. The number of amides is 1. The van der Waals surface area contributed by atoms with Crippen molar-refractivity contribution >= 4 is 6.09 Å². The van der Waals surface area contributed by atoms with Crippen LogP contribution in [0.1, 0.15) is 47.5 Å². The van der Waals surface area contributed by atoms with Gasteiger partial charge in [0.25, 0.3) is 0 Å². The van der Waals surface area contributed by atoms with E-state index in [0.717, 1.165) is 6.42 Å². The highest BCUT2D eigenvalue weighted by molar-refractivity contribution is 5.68. The fraction of sp³-hybridized carbons (Fsp3) is 0.941. The summed E-state index contributed by atoms with van der Waals surface area (Å²) in [5, 5.41) is 10.3. The zero-order valence-electron chi connectivity index (χ0n) is 14.7. The lowest BCUT2D eigenvalue weighted by atomic mass is 9.88. The molecule has 2 heterocycles. The van der Waals surface area contributed by atoms with Gasteiger partial charge in [-0.2, -0.15) is 0 Å². The van der Waals surface area contributed by atoms with Crippen LogP contribution >= 0.6 is 0 Å². The summed E-state index contributed by atoms with van der Waals surface area (Å²) in [6, 6.07) is 0. The highest BCUT2D eigenvalue weighted by Gasteiger charge is 2.56. The van der Waals surface area contributed by atoms with Gasteiger partial charge in [0.05, 0.1) is 12.2 Å². The SMILES string of the molecule is CC(C)(C)OC(=O)N1CCC([C@H]2C[C@H](O)[C@@H]3OC(C)(C)O[C@@H]32)C1. The van der Waals surface area contributed by atoms with E-state index in [0.29, 0.717) is 25.4 Å². The van der Waals surface area contributed by atoms with Crippen molar-refractivity contribution in [1.82, 2.24) is 4.90 Å². The zero-order chi connectivity index (χ0) is 17.0. The van der Waals surface area contributed by atoms with E-state index < -0.39 is 17.5 Å². The predicted octanol–water partition coefficient (Wildman–Crippen LogP) is 2.14. The third-order valence-electron chi connectivity index (χ3n) is 4.96. The summed E-state index contributed by atoms with van der Waals surface area (Å²) in [6.07, 6.45) is 0.539. The topological polar surface area (TPSA) is 68.2 Å². The van der Waals surface area contributed by atoms with Crippen molar-refractivity contribution in [2.75, 3.05) is 13.1 Å². The molecule has 23 heavy (non-hydrogen) atoms. The van der Waals surface area contributed by atoms with Gasteiger partial charge in [-0.3, -0.25) is 0 Å². The van der Waals surface area contributed by atoms with E-state index in [-0.39, 0.29) is 24.2 Å². The fourth-order valence-electron chi connectivity index (χ4n) is 4.08. The predicted molar refractivity (Wildman–Crippen MR) is 83.9 cm³/mol. The van der Waals surface area contributed by atoms with Crippen LogP contribution in [-0.4, -0.2) is 58.9 Å². The number of carbonyl (C=O) groups excluding carboxylic acids is 1. The normalized spacial score (nSPS) is 39.6. The maximum Gasteiger partial charge on any atom is 0.410 e. The van der Waals surface area contributed by atoms with Crippen molar-refractivity contribution in [2.24, 2.45) is 11.8 Å². The van der Waals surface area contributed by atoms with Crippen molar-refractivity contribution in [3.8, 4) is 0 Å². The van der Waals surface area contributed by atoms with E-state index in [2.05, 4.69) is 0 Å². The summed E-state index contributed by atoms with van der Waals surface area (Å²) in [6.45, 7) is 10.8. The maximum absolute atomic E-state index is 12.2. The van der Waals surface area contributed by atoms with E-state index in [9.17, 15) is 9.90 Å². The molecule has 0 aromatic carbocycles. The lowest BCUT2D eigenvalue weighted by molar-refractivity contribution is -0.168. The summed E-state index contributed by atoms with van der Waals surface area (Å²) in [5.74, 6) is -0.0905. The average molecular weight is 327 g/mol. The number of rotatable bonds is 1. The first-order valence-corrected chi connectivity index (χ1v) is 8.57. The van der Waals surface area contributed by atoms with Gasteiger partial charge in [-0.1, -0.05) is 0 Å². The standard InChI is InChI=1S/C17H29NO5/c1-16(2,3)23-15(20)18-7-6-10(9-18)11-8-12(19)14-13(11)21-17(4,5)22-14/h10-14,19H,6-9H2,1-5H3/t10?,11-,12+,13-,14+/m1/s1. The van der Waals surface area contributed by atoms with E-state index in [1.165, 1.54) is 0 Å². The molecule has 6 nitrogen and oxygen atoms in total. The first-order valence-electron chi connectivity index (χ1n) is 8.57. The molecule has 1 unspecified atom stereocenters. The molecule has 2 aliphatic heterocycles. The molecule has 3 aliphatic rings. The second-order valence-corrected chi connectivity index (χ2v) is 8.51. The minimum Gasteiger partial charge on any atom is -0.444 e. The third kappa shape index (κ3) is 3.49. The minimum absolute atomic E-state index is 0.0800. The summed E-state index contributed by atoms with van der Waals surface area (Å²) in [7, 11) is 0. The molecule has 0 aromatic rings. The molecule has 0 bridgehead atoms. The second-order valence-electron chi connectivity index (χ2n) is 8.51. The minimum atomic E-state index is -0.640. The summed E-state index contributed by atoms with van der Waals surface area (Å²) < 4.78 is 17.3. The van der Waals surface area contributed by atoms with Crippen molar-refractivity contribution in [3.63, 3.8) is 0 Å². The van der Waals surface area contributed by atoms with Crippen LogP contribution < -0.4 is 0 Å². The number of likely N-dealkylation sites (tertiary alicyclic amines) is 1. The molecule has 3 rings (SSSR count). The Bertz CT molecular complexity index is 472. The lowest BCUT2D eigenvalue weighted by Crippen LogP contribution is -2.37. The van der Waals surface area contributed by atoms with Crippen LogP contribution in [0.4, 0.5) is 4.79 Å². The number of hydrogen-bond acceptors (Lipinski definition) is 5. The summed E-state index contributed by atoms with van der Waals surface area (Å²) in [5.41, 5.74) is -0.476. The molecule has 132 valence electrons. The van der Waals surface area contributed by atoms with Crippen LogP contribution in [-0.2, 0) is 14.2 Å². The van der Waals surface area contributed by atoms with Gasteiger partial charge in [0.1, 0.15) is 11.7 Å². The van der Waals surface area contributed by atoms with Gasteiger partial charge in [0, 0.05) is 13.1 Å². The highest BCUT2D eigenvalue weighted by atomic mass is 16.8. The number of carbonyl (C=O) groups is 1. The molecular formula is C17H29NO5. The van der Waals surface area contributed by atoms with Gasteiger partial charge in [-0.05, 0) is 59.3 Å². The van der Waals surface area contributed by atoms with Crippen LogP contribution in [0.25, 0.3) is 0 Å². The van der Waals surface area contributed by atoms with Crippen LogP contribution in [0.2, 0.25) is 0 Å². The van der Waals surface area contributed by atoms with Gasteiger partial charge < -0.3 is 24.2 Å². The summed E-state index contributed by atoms with van der Waals surface area (Å²) in [4.78, 5) is 14.0. The molecule has 6 heteroatoms. The van der Waals surface area contributed by atoms with E-state index >= 15 is 0 Å². The first-order chi connectivity index (χ1) is 10.6. The molecule has 1 N–H and O–H groups in total. The Morgan fingerprint density at radius 3 is 2.57 bits per heavy atom. The number of nitrogens with zero attached hydrogens (tertiary/aromatic N) is 1. The Labute approximate surface area is 138 Å². The molecule has 3 fully saturated rings. The van der Waals surface area contributed by atoms with Crippen LogP contribution in [0, 0.1) is 11.8 Å². The quantitative estimate of drug-likeness (QED) is 0.799. The van der Waals surface area contributed by atoms with Crippen LogP contribution in [0.5, 0.6) is 0 Å². The monoisotopic (exact) mass is 327 g/mol. The molecule has 0 radical (unpaired) electrons. The zero-order valence-corrected chi connectivity index (χ0v) is 14.7. The van der Waals surface area contributed by atoms with E-state index in [1.54, 1.807) is 4.90 Å². The molecule has 1 amide bonds. The van der Waals surface area contributed by atoms with E-state index in [4.69, 9.17) is 14.2 Å². The Hall–Kier alpha value is -0.850. The first kappa shape index (κ1) is 17.0. The Kier molecular flexibility index (Phi) is 4.14. The third-order valence-corrected chi connectivity index (χ3v) is 4.96. The van der Waals surface area contributed by atoms with Crippen LogP contribution in [0.15, 0.2) is 0 Å². The number of aliphatic hydroxyl groups is 1.